The van der Waals surface area contributed by atoms with E-state index in [1.807, 2.05) is 43.3 Å². The molecule has 0 amide bonds. The summed E-state index contributed by atoms with van der Waals surface area (Å²) in [5.74, 6) is 1.77. The van der Waals surface area contributed by atoms with E-state index in [4.69, 9.17) is 14.0 Å². The van der Waals surface area contributed by atoms with Crippen molar-refractivity contribution in [3.8, 4) is 22.9 Å². The Balaban J connectivity index is 1.51. The lowest BCUT2D eigenvalue weighted by Gasteiger charge is -2.11. The number of hydrogen-bond donors (Lipinski definition) is 0. The highest BCUT2D eigenvalue weighted by molar-refractivity contribution is 7.17. The molecule has 0 aliphatic rings. The van der Waals surface area contributed by atoms with Gasteiger partial charge in [0, 0.05) is 5.56 Å². The lowest BCUT2D eigenvalue weighted by molar-refractivity contribution is 0.311. The standard InChI is InChI=1S/C25H22N4O5S/c1-3-33-19-10-9-17(13-20(19)32-2)23-26-21(34-27-23)15-28-18-11-12-35-22(18)24(30)29(25(28)31)14-16-7-5-4-6-8-16/h4-13H,3,14-15H2,1-2H3. The van der Waals surface area contributed by atoms with Gasteiger partial charge in [-0.2, -0.15) is 4.98 Å². The molecule has 35 heavy (non-hydrogen) atoms. The molecule has 3 heterocycles. The summed E-state index contributed by atoms with van der Waals surface area (Å²) in [5, 5.41) is 5.87. The molecule has 3 aromatic heterocycles. The Labute approximate surface area is 203 Å². The molecule has 178 valence electrons. The van der Waals surface area contributed by atoms with Gasteiger partial charge in [-0.1, -0.05) is 35.5 Å². The van der Waals surface area contributed by atoms with Crippen LogP contribution in [0, 0.1) is 0 Å². The Morgan fingerprint density at radius 3 is 2.60 bits per heavy atom. The van der Waals surface area contributed by atoms with Gasteiger partial charge in [0.15, 0.2) is 11.5 Å². The largest absolute Gasteiger partial charge is 0.493 e. The Morgan fingerprint density at radius 2 is 1.83 bits per heavy atom. The van der Waals surface area contributed by atoms with Gasteiger partial charge < -0.3 is 14.0 Å². The van der Waals surface area contributed by atoms with Crippen molar-refractivity contribution in [2.45, 2.75) is 20.0 Å². The first-order valence-electron chi connectivity index (χ1n) is 11.0. The van der Waals surface area contributed by atoms with E-state index >= 15 is 0 Å². The third-order valence-corrected chi connectivity index (χ3v) is 6.39. The number of rotatable bonds is 8. The molecule has 0 spiro atoms. The van der Waals surface area contributed by atoms with Crippen molar-refractivity contribution in [2.75, 3.05) is 13.7 Å². The molecule has 9 nitrogen and oxygen atoms in total. The van der Waals surface area contributed by atoms with Gasteiger partial charge in [-0.3, -0.25) is 13.9 Å². The highest BCUT2D eigenvalue weighted by Gasteiger charge is 2.18. The van der Waals surface area contributed by atoms with Crippen molar-refractivity contribution in [2.24, 2.45) is 0 Å². The van der Waals surface area contributed by atoms with Crippen LogP contribution >= 0.6 is 11.3 Å². The summed E-state index contributed by atoms with van der Waals surface area (Å²) < 4.78 is 19.7. The summed E-state index contributed by atoms with van der Waals surface area (Å²) in [7, 11) is 1.56. The molecule has 0 bridgehead atoms. The van der Waals surface area contributed by atoms with Crippen LogP contribution in [0.25, 0.3) is 21.6 Å². The second-order valence-electron chi connectivity index (χ2n) is 7.69. The van der Waals surface area contributed by atoms with Crippen LogP contribution in [0.1, 0.15) is 18.4 Å². The van der Waals surface area contributed by atoms with E-state index in [2.05, 4.69) is 10.1 Å². The lowest BCUT2D eigenvalue weighted by Crippen LogP contribution is -2.40. The first-order valence-corrected chi connectivity index (χ1v) is 11.9. The molecule has 0 radical (unpaired) electrons. The summed E-state index contributed by atoms with van der Waals surface area (Å²) in [6.45, 7) is 2.62. The second kappa shape index (κ2) is 9.59. The number of nitrogens with zero attached hydrogens (tertiary/aromatic N) is 4. The normalized spacial score (nSPS) is 11.1. The first kappa shape index (κ1) is 22.6. The van der Waals surface area contributed by atoms with E-state index in [1.165, 1.54) is 20.5 Å². The van der Waals surface area contributed by atoms with Crippen LogP contribution in [0.5, 0.6) is 11.5 Å². The van der Waals surface area contributed by atoms with Crippen molar-refractivity contribution in [3.05, 3.63) is 92.3 Å². The molecular formula is C25H22N4O5S. The van der Waals surface area contributed by atoms with Gasteiger partial charge in [0.2, 0.25) is 11.7 Å². The van der Waals surface area contributed by atoms with E-state index < -0.39 is 5.69 Å². The Kier molecular flexibility index (Phi) is 6.19. The molecule has 0 fully saturated rings. The van der Waals surface area contributed by atoms with E-state index in [0.29, 0.717) is 39.7 Å². The van der Waals surface area contributed by atoms with E-state index in [0.717, 1.165) is 5.56 Å². The molecule has 0 saturated carbocycles. The van der Waals surface area contributed by atoms with E-state index in [9.17, 15) is 9.59 Å². The van der Waals surface area contributed by atoms with Gasteiger partial charge in [0.05, 0.1) is 25.8 Å². The van der Waals surface area contributed by atoms with Crippen LogP contribution in [0.15, 0.2) is 74.1 Å². The van der Waals surface area contributed by atoms with Crippen molar-refractivity contribution < 1.29 is 14.0 Å². The predicted molar refractivity (Wildman–Crippen MR) is 132 cm³/mol. The van der Waals surface area contributed by atoms with Gasteiger partial charge in [-0.05, 0) is 42.1 Å². The van der Waals surface area contributed by atoms with Crippen LogP contribution in [0.2, 0.25) is 0 Å². The molecule has 5 aromatic rings. The van der Waals surface area contributed by atoms with Crippen molar-refractivity contribution in [3.63, 3.8) is 0 Å². The van der Waals surface area contributed by atoms with Crippen LogP contribution in [-0.2, 0) is 13.1 Å². The third kappa shape index (κ3) is 4.35. The zero-order chi connectivity index (χ0) is 24.4. The van der Waals surface area contributed by atoms with Crippen molar-refractivity contribution >= 4 is 21.6 Å². The Bertz CT molecular complexity index is 1600. The van der Waals surface area contributed by atoms with Crippen molar-refractivity contribution in [1.29, 1.82) is 0 Å². The number of aromatic nitrogens is 4. The number of hydrogen-bond acceptors (Lipinski definition) is 8. The average Bonchev–Trinajstić information content (AvgIpc) is 3.56. The molecule has 0 unspecified atom stereocenters. The van der Waals surface area contributed by atoms with Crippen LogP contribution in [0.3, 0.4) is 0 Å². The molecule has 2 aromatic carbocycles. The molecule has 0 saturated heterocycles. The maximum atomic E-state index is 13.4. The van der Waals surface area contributed by atoms with Gasteiger partial charge >= 0.3 is 5.69 Å². The monoisotopic (exact) mass is 490 g/mol. The van der Waals surface area contributed by atoms with Crippen LogP contribution in [0.4, 0.5) is 0 Å². The smallest absolute Gasteiger partial charge is 0.332 e. The third-order valence-electron chi connectivity index (χ3n) is 5.50. The maximum absolute atomic E-state index is 13.4. The number of benzene rings is 2. The van der Waals surface area contributed by atoms with Gasteiger partial charge in [-0.15, -0.1) is 11.3 Å². The SMILES string of the molecule is CCOc1ccc(-c2noc(Cn3c(=O)n(Cc4ccccc4)c(=O)c4sccc43)n2)cc1OC. The fourth-order valence-electron chi connectivity index (χ4n) is 3.84. The summed E-state index contributed by atoms with van der Waals surface area (Å²) in [6.07, 6.45) is 0. The Morgan fingerprint density at radius 1 is 1.00 bits per heavy atom. The molecule has 0 N–H and O–H groups in total. The molecular weight excluding hydrogens is 468 g/mol. The van der Waals surface area contributed by atoms with Crippen LogP contribution in [-0.4, -0.2) is 33.0 Å². The zero-order valence-electron chi connectivity index (χ0n) is 19.1. The predicted octanol–water partition coefficient (Wildman–Crippen LogP) is 3.78. The first-order chi connectivity index (χ1) is 17.1. The van der Waals surface area contributed by atoms with Crippen LogP contribution < -0.4 is 20.7 Å². The maximum Gasteiger partial charge on any atom is 0.332 e. The fraction of sp³-hybridized carbons (Fsp3) is 0.200. The molecule has 0 atom stereocenters. The summed E-state index contributed by atoms with van der Waals surface area (Å²) in [4.78, 5) is 30.9. The van der Waals surface area contributed by atoms with Gasteiger partial charge in [0.25, 0.3) is 5.56 Å². The Hall–Kier alpha value is -4.18. The molecule has 10 heteroatoms. The lowest BCUT2D eigenvalue weighted by atomic mass is 10.2. The highest BCUT2D eigenvalue weighted by Crippen LogP contribution is 2.31. The summed E-state index contributed by atoms with van der Waals surface area (Å²) in [5.41, 5.74) is 1.33. The number of methoxy groups -OCH3 is 1. The minimum Gasteiger partial charge on any atom is -0.493 e. The minimum absolute atomic E-state index is 0.0301. The van der Waals surface area contributed by atoms with E-state index in [-0.39, 0.29) is 24.5 Å². The topological polar surface area (TPSA) is 101 Å². The van der Waals surface area contributed by atoms with E-state index in [1.54, 1.807) is 30.7 Å². The van der Waals surface area contributed by atoms with Crippen molar-refractivity contribution in [1.82, 2.24) is 19.3 Å². The molecule has 0 aliphatic heterocycles. The quantitative estimate of drug-likeness (QED) is 0.326. The molecule has 0 aliphatic carbocycles. The second-order valence-corrected chi connectivity index (χ2v) is 8.61. The van der Waals surface area contributed by atoms with Gasteiger partial charge in [-0.25, -0.2) is 4.79 Å². The number of thiophene rings is 1. The average molecular weight is 491 g/mol. The summed E-state index contributed by atoms with van der Waals surface area (Å²) >= 11 is 1.30. The fourth-order valence-corrected chi connectivity index (χ4v) is 4.69. The number of fused-ring (bicyclic) bond motifs is 1. The zero-order valence-corrected chi connectivity index (χ0v) is 19.9. The minimum atomic E-state index is -0.438. The molecule has 5 rings (SSSR count). The highest BCUT2D eigenvalue weighted by atomic mass is 32.1. The number of ether oxygens (including phenoxy) is 2. The van der Waals surface area contributed by atoms with Gasteiger partial charge in [0.1, 0.15) is 11.2 Å². The summed E-state index contributed by atoms with van der Waals surface area (Å²) in [6, 6.07) is 16.5.